The monoisotopic (exact) mass is 432 g/mol. The van der Waals surface area contributed by atoms with Crippen molar-refractivity contribution in [3.63, 3.8) is 0 Å². The largest absolute Gasteiger partial charge is 0.467 e. The topological polar surface area (TPSA) is 96.0 Å². The van der Waals surface area contributed by atoms with Crippen molar-refractivity contribution in [2.75, 3.05) is 7.11 Å². The summed E-state index contributed by atoms with van der Waals surface area (Å²) in [6.45, 7) is 1.85. The van der Waals surface area contributed by atoms with E-state index in [9.17, 15) is 18.0 Å². The lowest BCUT2D eigenvalue weighted by molar-refractivity contribution is -0.167. The van der Waals surface area contributed by atoms with Gasteiger partial charge in [-0.1, -0.05) is 43.3 Å². The van der Waals surface area contributed by atoms with Gasteiger partial charge in [0.15, 0.2) is 5.60 Å². The van der Waals surface area contributed by atoms with Gasteiger partial charge in [-0.2, -0.15) is 8.42 Å². The van der Waals surface area contributed by atoms with Gasteiger partial charge >= 0.3 is 11.9 Å². The maximum atomic E-state index is 12.8. The molecule has 8 heteroatoms. The molecule has 1 aliphatic rings. The van der Waals surface area contributed by atoms with Crippen molar-refractivity contribution in [2.24, 2.45) is 5.92 Å². The van der Waals surface area contributed by atoms with Gasteiger partial charge in [0, 0.05) is 6.42 Å². The molecule has 0 aromatic heterocycles. The molecule has 30 heavy (non-hydrogen) atoms. The summed E-state index contributed by atoms with van der Waals surface area (Å²) in [5.41, 5.74) is -1.40. The molecule has 0 heterocycles. The van der Waals surface area contributed by atoms with E-state index in [-0.39, 0.29) is 23.7 Å². The zero-order valence-corrected chi connectivity index (χ0v) is 17.6. The summed E-state index contributed by atoms with van der Waals surface area (Å²) in [5, 5.41) is 0. The number of benzene rings is 2. The first-order chi connectivity index (χ1) is 14.3. The normalized spacial score (nSPS) is 24.1. The Hall–Kier alpha value is -2.71. The van der Waals surface area contributed by atoms with Gasteiger partial charge in [0.1, 0.15) is 6.10 Å². The van der Waals surface area contributed by atoms with Crippen LogP contribution in [0.4, 0.5) is 0 Å². The first kappa shape index (κ1) is 22.0. The zero-order chi connectivity index (χ0) is 21.8. The lowest BCUT2D eigenvalue weighted by Crippen LogP contribution is -2.51. The van der Waals surface area contributed by atoms with Crippen LogP contribution >= 0.6 is 0 Å². The second-order valence-electron chi connectivity index (χ2n) is 7.48. The fourth-order valence-corrected chi connectivity index (χ4v) is 5.02. The van der Waals surface area contributed by atoms with Crippen molar-refractivity contribution in [1.82, 2.24) is 0 Å². The Kier molecular flexibility index (Phi) is 6.58. The molecule has 0 spiro atoms. The van der Waals surface area contributed by atoms with E-state index in [1.165, 1.54) is 19.2 Å². The Morgan fingerprint density at radius 2 is 1.57 bits per heavy atom. The highest BCUT2D eigenvalue weighted by Gasteiger charge is 2.51. The number of esters is 2. The van der Waals surface area contributed by atoms with Crippen LogP contribution in [0.2, 0.25) is 0 Å². The molecule has 7 nitrogen and oxygen atoms in total. The fourth-order valence-electron chi connectivity index (χ4n) is 3.81. The number of rotatable bonds is 6. The van der Waals surface area contributed by atoms with Gasteiger partial charge in [0.25, 0.3) is 10.1 Å². The highest BCUT2D eigenvalue weighted by molar-refractivity contribution is 7.86. The third-order valence-corrected chi connectivity index (χ3v) is 6.43. The van der Waals surface area contributed by atoms with Crippen LogP contribution in [0, 0.1) is 5.92 Å². The smallest absolute Gasteiger partial charge is 0.339 e. The van der Waals surface area contributed by atoms with Gasteiger partial charge in [0.05, 0.1) is 17.6 Å². The average molecular weight is 432 g/mol. The van der Waals surface area contributed by atoms with Crippen LogP contribution in [0.5, 0.6) is 0 Å². The molecule has 0 amide bonds. The van der Waals surface area contributed by atoms with Crippen molar-refractivity contribution in [3.8, 4) is 0 Å². The molecule has 2 aromatic carbocycles. The third-order valence-electron chi connectivity index (χ3n) is 5.04. The molecule has 0 N–H and O–H groups in total. The Labute approximate surface area is 176 Å². The molecular weight excluding hydrogens is 408 g/mol. The minimum Gasteiger partial charge on any atom is -0.467 e. The summed E-state index contributed by atoms with van der Waals surface area (Å²) in [6, 6.07) is 16.0. The van der Waals surface area contributed by atoms with Gasteiger partial charge in [0.2, 0.25) is 0 Å². The number of ether oxygens (including phenoxy) is 2. The Morgan fingerprint density at radius 3 is 2.17 bits per heavy atom. The Balaban J connectivity index is 1.87. The molecule has 0 aliphatic heterocycles. The van der Waals surface area contributed by atoms with Crippen molar-refractivity contribution < 1.29 is 31.7 Å². The molecule has 1 fully saturated rings. The maximum absolute atomic E-state index is 12.8. The summed E-state index contributed by atoms with van der Waals surface area (Å²) >= 11 is 0. The van der Waals surface area contributed by atoms with Crippen molar-refractivity contribution in [1.29, 1.82) is 0 Å². The minimum atomic E-state index is -4.24. The van der Waals surface area contributed by atoms with Crippen LogP contribution in [0.25, 0.3) is 0 Å². The van der Waals surface area contributed by atoms with Crippen molar-refractivity contribution >= 4 is 22.1 Å². The highest BCUT2D eigenvalue weighted by atomic mass is 32.2. The van der Waals surface area contributed by atoms with E-state index in [1.54, 1.807) is 48.5 Å². The van der Waals surface area contributed by atoms with Crippen LogP contribution in [-0.2, 0) is 28.6 Å². The number of hydrogen-bond acceptors (Lipinski definition) is 7. The molecule has 0 saturated heterocycles. The SMILES string of the molecule is COC(=O)[C@]1(OS(=O)(=O)c2ccccc2)C[C@@H](C)C[C@H](OC(=O)c2ccccc2)C1. The molecule has 0 radical (unpaired) electrons. The third kappa shape index (κ3) is 4.88. The van der Waals surface area contributed by atoms with E-state index in [0.29, 0.717) is 12.0 Å². The molecule has 0 unspecified atom stereocenters. The number of carbonyl (C=O) groups is 2. The summed E-state index contributed by atoms with van der Waals surface area (Å²) in [6.07, 6.45) is -0.210. The number of hydrogen-bond donors (Lipinski definition) is 0. The van der Waals surface area contributed by atoms with E-state index in [4.69, 9.17) is 13.7 Å². The first-order valence-electron chi connectivity index (χ1n) is 9.61. The molecule has 0 bridgehead atoms. The lowest BCUT2D eigenvalue weighted by Gasteiger charge is -2.39. The second kappa shape index (κ2) is 8.97. The Bertz CT molecular complexity index is 989. The van der Waals surface area contributed by atoms with Gasteiger partial charge in [-0.25, -0.2) is 13.8 Å². The Morgan fingerprint density at radius 1 is 0.967 bits per heavy atom. The lowest BCUT2D eigenvalue weighted by atomic mass is 9.77. The van der Waals surface area contributed by atoms with E-state index >= 15 is 0 Å². The quantitative estimate of drug-likeness (QED) is 0.510. The molecule has 3 atom stereocenters. The zero-order valence-electron chi connectivity index (χ0n) is 16.8. The first-order valence-corrected chi connectivity index (χ1v) is 11.0. The van der Waals surface area contributed by atoms with Crippen LogP contribution in [0.1, 0.15) is 36.5 Å². The van der Waals surface area contributed by atoms with Gasteiger partial charge in [-0.15, -0.1) is 0 Å². The van der Waals surface area contributed by atoms with Crippen molar-refractivity contribution in [3.05, 3.63) is 66.2 Å². The minimum absolute atomic E-state index is 0.0654. The molecule has 3 rings (SSSR count). The van der Waals surface area contributed by atoms with Crippen LogP contribution in [-0.4, -0.2) is 39.2 Å². The summed E-state index contributed by atoms with van der Waals surface area (Å²) in [5.74, 6) is -1.49. The van der Waals surface area contributed by atoms with Crippen LogP contribution in [0.3, 0.4) is 0 Å². The van der Waals surface area contributed by atoms with Crippen molar-refractivity contribution in [2.45, 2.75) is 42.8 Å². The maximum Gasteiger partial charge on any atom is 0.339 e. The molecule has 1 aliphatic carbocycles. The van der Waals surface area contributed by atoms with E-state index in [0.717, 1.165) is 0 Å². The van der Waals surface area contributed by atoms with E-state index in [1.807, 2.05) is 6.92 Å². The summed E-state index contributed by atoms with van der Waals surface area (Å²) in [7, 11) is -3.07. The predicted molar refractivity (Wildman–Crippen MR) is 108 cm³/mol. The van der Waals surface area contributed by atoms with Gasteiger partial charge < -0.3 is 9.47 Å². The fraction of sp³-hybridized carbons (Fsp3) is 0.364. The molecule has 1 saturated carbocycles. The summed E-state index contributed by atoms with van der Waals surface area (Å²) < 4.78 is 41.7. The van der Waals surface area contributed by atoms with Gasteiger partial charge in [-0.05, 0) is 43.0 Å². The predicted octanol–water partition coefficient (Wildman–Crippen LogP) is 3.35. The van der Waals surface area contributed by atoms with E-state index in [2.05, 4.69) is 0 Å². The molecular formula is C22H24O7S. The molecule has 2 aromatic rings. The number of carbonyl (C=O) groups excluding carboxylic acids is 2. The van der Waals surface area contributed by atoms with E-state index < -0.39 is 33.8 Å². The second-order valence-corrected chi connectivity index (χ2v) is 9.03. The van der Waals surface area contributed by atoms with Crippen LogP contribution < -0.4 is 0 Å². The number of methoxy groups -OCH3 is 1. The standard InChI is InChI=1S/C22H24O7S/c1-16-13-18(28-20(23)17-9-5-3-6-10-17)15-22(14-16,21(24)27-2)29-30(25,26)19-11-7-4-8-12-19/h3-12,16,18H,13-15H2,1-2H3/t16-,18-,22-/m0/s1. The highest BCUT2D eigenvalue weighted by Crippen LogP contribution is 2.40. The average Bonchev–Trinajstić information content (AvgIpc) is 2.73. The summed E-state index contributed by atoms with van der Waals surface area (Å²) in [4.78, 5) is 25.1. The van der Waals surface area contributed by atoms with Crippen LogP contribution in [0.15, 0.2) is 65.6 Å². The van der Waals surface area contributed by atoms with Gasteiger partial charge in [-0.3, -0.25) is 0 Å². The molecule has 160 valence electrons.